The number of hydrazone groups is 1. The lowest BCUT2D eigenvalue weighted by atomic mass is 10.1. The van der Waals surface area contributed by atoms with E-state index >= 15 is 0 Å². The number of hydrogen-bond donors (Lipinski definition) is 2. The number of piperidine rings is 1. The molecule has 2 N–H and O–H groups in total. The van der Waals surface area contributed by atoms with Crippen molar-refractivity contribution in [2.75, 3.05) is 20.1 Å². The van der Waals surface area contributed by atoms with E-state index in [2.05, 4.69) is 22.5 Å². The molecule has 0 radical (unpaired) electrons. The Morgan fingerprint density at radius 3 is 2.67 bits per heavy atom. The van der Waals surface area contributed by atoms with Crippen LogP contribution in [0.15, 0.2) is 29.4 Å². The highest BCUT2D eigenvalue weighted by molar-refractivity contribution is 5.97. The van der Waals surface area contributed by atoms with E-state index in [-0.39, 0.29) is 17.2 Å². The standard InChI is InChI=1S/C13H17N3O2/c1-16-8-6-10(7-9-16)14-15-13(18)11-4-2-3-5-12(11)17/h2-5,17H,6-9H2,1H3,(H,15,18). The van der Waals surface area contributed by atoms with Gasteiger partial charge >= 0.3 is 0 Å². The van der Waals surface area contributed by atoms with Gasteiger partial charge in [0.2, 0.25) is 0 Å². The van der Waals surface area contributed by atoms with Crippen molar-refractivity contribution >= 4 is 11.6 Å². The number of hydrogen-bond acceptors (Lipinski definition) is 4. The van der Waals surface area contributed by atoms with E-state index < -0.39 is 0 Å². The van der Waals surface area contributed by atoms with Crippen molar-refractivity contribution in [2.45, 2.75) is 12.8 Å². The molecule has 1 amide bonds. The summed E-state index contributed by atoms with van der Waals surface area (Å²) in [6.45, 7) is 1.93. The molecule has 0 atom stereocenters. The average molecular weight is 247 g/mol. The molecule has 0 spiro atoms. The predicted octanol–water partition coefficient (Wildman–Crippen LogP) is 1.20. The molecule has 1 heterocycles. The van der Waals surface area contributed by atoms with Crippen molar-refractivity contribution in [1.82, 2.24) is 10.3 Å². The largest absolute Gasteiger partial charge is 0.507 e. The van der Waals surface area contributed by atoms with Gasteiger partial charge in [0.05, 0.1) is 5.56 Å². The molecule has 2 rings (SSSR count). The minimum atomic E-state index is -0.375. The summed E-state index contributed by atoms with van der Waals surface area (Å²) in [6, 6.07) is 6.43. The van der Waals surface area contributed by atoms with Crippen LogP contribution >= 0.6 is 0 Å². The number of aromatic hydroxyl groups is 1. The van der Waals surface area contributed by atoms with E-state index in [1.165, 1.54) is 6.07 Å². The number of para-hydroxylation sites is 1. The molecule has 0 aliphatic carbocycles. The predicted molar refractivity (Wildman–Crippen MR) is 69.7 cm³/mol. The molecule has 1 aliphatic heterocycles. The fraction of sp³-hybridized carbons (Fsp3) is 0.385. The summed E-state index contributed by atoms with van der Waals surface area (Å²) in [5.41, 5.74) is 3.74. The summed E-state index contributed by atoms with van der Waals surface area (Å²) in [5.74, 6) is -0.405. The molecule has 96 valence electrons. The first-order valence-electron chi connectivity index (χ1n) is 5.99. The number of phenols is 1. The maximum Gasteiger partial charge on any atom is 0.275 e. The third-order valence-electron chi connectivity index (χ3n) is 3.03. The number of nitrogens with one attached hydrogen (secondary N) is 1. The van der Waals surface area contributed by atoms with Gasteiger partial charge in [-0.15, -0.1) is 0 Å². The van der Waals surface area contributed by atoms with Crippen LogP contribution in [0.2, 0.25) is 0 Å². The molecule has 0 aromatic heterocycles. The van der Waals surface area contributed by atoms with E-state index in [1.807, 2.05) is 0 Å². The Hall–Kier alpha value is -1.88. The van der Waals surface area contributed by atoms with Crippen molar-refractivity contribution in [3.8, 4) is 5.75 Å². The molecule has 5 heteroatoms. The average Bonchev–Trinajstić information content (AvgIpc) is 2.38. The normalized spacial score (nSPS) is 16.4. The number of nitrogens with zero attached hydrogens (tertiary/aromatic N) is 2. The highest BCUT2D eigenvalue weighted by Crippen LogP contribution is 2.15. The molecule has 5 nitrogen and oxygen atoms in total. The number of benzene rings is 1. The van der Waals surface area contributed by atoms with Crippen molar-refractivity contribution in [2.24, 2.45) is 5.10 Å². The first-order chi connectivity index (χ1) is 8.66. The van der Waals surface area contributed by atoms with E-state index in [0.717, 1.165) is 31.6 Å². The zero-order chi connectivity index (χ0) is 13.0. The van der Waals surface area contributed by atoms with Gasteiger partial charge in [0.25, 0.3) is 5.91 Å². The zero-order valence-electron chi connectivity index (χ0n) is 10.4. The SMILES string of the molecule is CN1CCC(=NNC(=O)c2ccccc2O)CC1. The number of carbonyl (C=O) groups is 1. The number of rotatable bonds is 2. The number of amides is 1. The summed E-state index contributed by atoms with van der Waals surface area (Å²) in [6.07, 6.45) is 1.75. The van der Waals surface area contributed by atoms with E-state index in [4.69, 9.17) is 0 Å². The molecular formula is C13H17N3O2. The molecule has 1 aromatic carbocycles. The summed E-state index contributed by atoms with van der Waals surface area (Å²) < 4.78 is 0. The fourth-order valence-electron chi connectivity index (χ4n) is 1.84. The van der Waals surface area contributed by atoms with Gasteiger partial charge in [-0.25, -0.2) is 5.43 Å². The molecule has 0 saturated carbocycles. The van der Waals surface area contributed by atoms with Crippen molar-refractivity contribution < 1.29 is 9.90 Å². The third kappa shape index (κ3) is 3.07. The quantitative estimate of drug-likeness (QED) is 0.772. The van der Waals surface area contributed by atoms with Gasteiger partial charge in [0.1, 0.15) is 5.75 Å². The minimum Gasteiger partial charge on any atom is -0.507 e. The molecule has 1 aliphatic rings. The van der Waals surface area contributed by atoms with Crippen LogP contribution in [-0.2, 0) is 0 Å². The second kappa shape index (κ2) is 5.64. The third-order valence-corrected chi connectivity index (χ3v) is 3.03. The van der Waals surface area contributed by atoms with Crippen LogP contribution < -0.4 is 5.43 Å². The Kier molecular flexibility index (Phi) is 3.94. The van der Waals surface area contributed by atoms with Gasteiger partial charge in [-0.05, 0) is 19.2 Å². The van der Waals surface area contributed by atoms with Crippen molar-refractivity contribution in [1.29, 1.82) is 0 Å². The Bertz CT molecular complexity index is 461. The Morgan fingerprint density at radius 2 is 2.00 bits per heavy atom. The number of carbonyl (C=O) groups excluding carboxylic acids is 1. The van der Waals surface area contributed by atoms with Gasteiger partial charge in [-0.3, -0.25) is 4.79 Å². The monoisotopic (exact) mass is 247 g/mol. The lowest BCUT2D eigenvalue weighted by Crippen LogP contribution is -2.32. The van der Waals surface area contributed by atoms with Crippen LogP contribution in [0.1, 0.15) is 23.2 Å². The smallest absolute Gasteiger partial charge is 0.275 e. The van der Waals surface area contributed by atoms with Gasteiger partial charge < -0.3 is 10.0 Å². The maximum atomic E-state index is 11.8. The number of phenolic OH excluding ortho intramolecular Hbond substituents is 1. The van der Waals surface area contributed by atoms with Gasteiger partial charge in [0.15, 0.2) is 0 Å². The maximum absolute atomic E-state index is 11.8. The van der Waals surface area contributed by atoms with Crippen LogP contribution in [0, 0.1) is 0 Å². The van der Waals surface area contributed by atoms with E-state index in [1.54, 1.807) is 18.2 Å². The summed E-state index contributed by atoms with van der Waals surface area (Å²) >= 11 is 0. The molecule has 1 fully saturated rings. The summed E-state index contributed by atoms with van der Waals surface area (Å²) in [7, 11) is 2.07. The molecule has 1 saturated heterocycles. The molecular weight excluding hydrogens is 230 g/mol. The molecule has 0 bridgehead atoms. The zero-order valence-corrected chi connectivity index (χ0v) is 10.4. The molecule has 18 heavy (non-hydrogen) atoms. The van der Waals surface area contributed by atoms with Crippen molar-refractivity contribution in [3.05, 3.63) is 29.8 Å². The molecule has 1 aromatic rings. The number of likely N-dealkylation sites (tertiary alicyclic amines) is 1. The summed E-state index contributed by atoms with van der Waals surface area (Å²) in [4.78, 5) is 14.0. The van der Waals surface area contributed by atoms with Crippen LogP contribution in [-0.4, -0.2) is 41.8 Å². The topological polar surface area (TPSA) is 64.9 Å². The minimum absolute atomic E-state index is 0.0291. The van der Waals surface area contributed by atoms with Crippen LogP contribution in [0.25, 0.3) is 0 Å². The van der Waals surface area contributed by atoms with Gasteiger partial charge in [0, 0.05) is 31.6 Å². The Balaban J connectivity index is 1.96. The van der Waals surface area contributed by atoms with Gasteiger partial charge in [-0.1, -0.05) is 12.1 Å². The van der Waals surface area contributed by atoms with Crippen LogP contribution in [0.5, 0.6) is 5.75 Å². The lowest BCUT2D eigenvalue weighted by molar-refractivity contribution is 0.0952. The highest BCUT2D eigenvalue weighted by Gasteiger charge is 2.13. The second-order valence-corrected chi connectivity index (χ2v) is 4.44. The molecule has 0 unspecified atom stereocenters. The Labute approximate surface area is 106 Å². The van der Waals surface area contributed by atoms with Gasteiger partial charge in [-0.2, -0.15) is 5.10 Å². The fourth-order valence-corrected chi connectivity index (χ4v) is 1.84. The highest BCUT2D eigenvalue weighted by atomic mass is 16.3. The van der Waals surface area contributed by atoms with E-state index in [9.17, 15) is 9.90 Å². The first kappa shape index (κ1) is 12.6. The summed E-state index contributed by atoms with van der Waals surface area (Å²) in [5, 5.41) is 13.7. The second-order valence-electron chi connectivity index (χ2n) is 4.44. The van der Waals surface area contributed by atoms with Crippen LogP contribution in [0.3, 0.4) is 0 Å². The Morgan fingerprint density at radius 1 is 1.33 bits per heavy atom. The van der Waals surface area contributed by atoms with Crippen LogP contribution in [0.4, 0.5) is 0 Å². The van der Waals surface area contributed by atoms with E-state index in [0.29, 0.717) is 0 Å². The van der Waals surface area contributed by atoms with Crippen molar-refractivity contribution in [3.63, 3.8) is 0 Å². The lowest BCUT2D eigenvalue weighted by Gasteiger charge is -2.22. The first-order valence-corrected chi connectivity index (χ1v) is 5.99.